The van der Waals surface area contributed by atoms with Gasteiger partial charge in [0, 0.05) is 24.1 Å². The number of aromatic nitrogens is 2. The van der Waals surface area contributed by atoms with Gasteiger partial charge in [0.25, 0.3) is 0 Å². The molecular weight excluding hydrogens is 362 g/mol. The topological polar surface area (TPSA) is 83.3 Å². The highest BCUT2D eigenvalue weighted by Crippen LogP contribution is 2.30. The summed E-state index contributed by atoms with van der Waals surface area (Å²) in [6.07, 6.45) is 8.01. The van der Waals surface area contributed by atoms with Gasteiger partial charge in [0.15, 0.2) is 0 Å². The second-order valence-electron chi connectivity index (χ2n) is 6.73. The van der Waals surface area contributed by atoms with Gasteiger partial charge in [-0.1, -0.05) is 13.0 Å². The Hall–Kier alpha value is -3.02. The molecule has 2 aromatic rings. The summed E-state index contributed by atoms with van der Waals surface area (Å²) in [6, 6.07) is 6.05. The highest BCUT2D eigenvalue weighted by molar-refractivity contribution is 5.98. The third-order valence-electron chi connectivity index (χ3n) is 4.57. The standard InChI is InChI=1S/C23H31N5O/c1-6-10-18(27-16(4)7-2)15-26-20-13-21(28-22(14-24)17(20)5)19-11-9-12-25-23(19)29-8-3/h6,9-14,16,24H,7-8,15H2,1-5H3,(H,26,28)/b10-6-,24-14?,27-18?. The molecule has 2 heterocycles. The number of nitrogens with zero attached hydrogens (tertiary/aromatic N) is 3. The first-order valence-corrected chi connectivity index (χ1v) is 10.1. The minimum absolute atomic E-state index is 0.276. The Bertz CT molecular complexity index is 889. The monoisotopic (exact) mass is 393 g/mol. The summed E-state index contributed by atoms with van der Waals surface area (Å²) in [6.45, 7) is 11.3. The molecule has 0 amide bonds. The maximum atomic E-state index is 7.78. The number of ether oxygens (including phenoxy) is 1. The largest absolute Gasteiger partial charge is 0.477 e. The smallest absolute Gasteiger partial charge is 0.222 e. The van der Waals surface area contributed by atoms with Crippen LogP contribution in [0.4, 0.5) is 5.69 Å². The predicted octanol–water partition coefficient (Wildman–Crippen LogP) is 5.08. The van der Waals surface area contributed by atoms with E-state index in [0.29, 0.717) is 24.7 Å². The normalized spacial score (nSPS) is 12.8. The van der Waals surface area contributed by atoms with Gasteiger partial charge in [0.2, 0.25) is 5.88 Å². The molecule has 0 aliphatic rings. The molecule has 0 saturated carbocycles. The van der Waals surface area contributed by atoms with Crippen molar-refractivity contribution in [2.24, 2.45) is 4.99 Å². The fraction of sp³-hybridized carbons (Fsp3) is 0.391. The van der Waals surface area contributed by atoms with Crippen molar-refractivity contribution in [1.29, 1.82) is 5.41 Å². The SMILES string of the molecule is C/C=C\C(CNc1cc(-c2cccnc2OCC)nc(C=N)c1C)=NC(C)CC. The van der Waals surface area contributed by atoms with E-state index in [1.165, 1.54) is 6.21 Å². The molecule has 2 aromatic heterocycles. The molecule has 2 rings (SSSR count). The number of aliphatic imine (C=N–C) groups is 1. The lowest BCUT2D eigenvalue weighted by atomic mass is 10.1. The molecular formula is C23H31N5O. The average Bonchev–Trinajstić information content (AvgIpc) is 2.73. The highest BCUT2D eigenvalue weighted by Gasteiger charge is 2.14. The van der Waals surface area contributed by atoms with Crippen molar-refractivity contribution in [1.82, 2.24) is 9.97 Å². The van der Waals surface area contributed by atoms with Gasteiger partial charge >= 0.3 is 0 Å². The lowest BCUT2D eigenvalue weighted by molar-refractivity contribution is 0.328. The number of rotatable bonds is 10. The van der Waals surface area contributed by atoms with Crippen LogP contribution in [0.15, 0.2) is 41.5 Å². The van der Waals surface area contributed by atoms with Crippen LogP contribution in [0, 0.1) is 12.3 Å². The van der Waals surface area contributed by atoms with Gasteiger partial charge in [-0.3, -0.25) is 4.99 Å². The van der Waals surface area contributed by atoms with Crippen molar-refractivity contribution in [2.45, 2.75) is 47.1 Å². The summed E-state index contributed by atoms with van der Waals surface area (Å²) in [4.78, 5) is 13.7. The average molecular weight is 394 g/mol. The van der Waals surface area contributed by atoms with Crippen LogP contribution < -0.4 is 10.1 Å². The van der Waals surface area contributed by atoms with Gasteiger partial charge in [-0.25, -0.2) is 9.97 Å². The summed E-state index contributed by atoms with van der Waals surface area (Å²) in [5.74, 6) is 0.543. The Kier molecular flexibility index (Phi) is 8.52. The van der Waals surface area contributed by atoms with E-state index in [1.807, 2.05) is 51.1 Å². The summed E-state index contributed by atoms with van der Waals surface area (Å²) in [7, 11) is 0. The van der Waals surface area contributed by atoms with Gasteiger partial charge < -0.3 is 15.5 Å². The van der Waals surface area contributed by atoms with Crippen molar-refractivity contribution in [2.75, 3.05) is 18.5 Å². The molecule has 0 spiro atoms. The van der Waals surface area contributed by atoms with E-state index in [2.05, 4.69) is 29.1 Å². The summed E-state index contributed by atoms with van der Waals surface area (Å²) >= 11 is 0. The number of pyridine rings is 2. The van der Waals surface area contributed by atoms with E-state index in [-0.39, 0.29) is 6.04 Å². The molecule has 0 aliphatic carbocycles. The van der Waals surface area contributed by atoms with Gasteiger partial charge in [-0.2, -0.15) is 0 Å². The van der Waals surface area contributed by atoms with E-state index in [0.717, 1.165) is 34.6 Å². The van der Waals surface area contributed by atoms with Gasteiger partial charge in [0.1, 0.15) is 0 Å². The minimum atomic E-state index is 0.276. The van der Waals surface area contributed by atoms with E-state index >= 15 is 0 Å². The van der Waals surface area contributed by atoms with Crippen LogP contribution in [0.2, 0.25) is 0 Å². The molecule has 6 heteroatoms. The Balaban J connectivity index is 2.42. The third-order valence-corrected chi connectivity index (χ3v) is 4.57. The molecule has 2 N–H and O–H groups in total. The van der Waals surface area contributed by atoms with Crippen molar-refractivity contribution in [3.8, 4) is 17.1 Å². The molecule has 1 atom stereocenters. The molecule has 29 heavy (non-hydrogen) atoms. The Morgan fingerprint density at radius 1 is 1.38 bits per heavy atom. The van der Waals surface area contributed by atoms with Crippen LogP contribution in [0.3, 0.4) is 0 Å². The van der Waals surface area contributed by atoms with Crippen LogP contribution in [-0.4, -0.2) is 41.1 Å². The molecule has 0 aliphatic heterocycles. The molecule has 0 fully saturated rings. The quantitative estimate of drug-likeness (QED) is 0.552. The third kappa shape index (κ3) is 5.98. The van der Waals surface area contributed by atoms with E-state index in [1.54, 1.807) is 6.20 Å². The second-order valence-corrected chi connectivity index (χ2v) is 6.73. The zero-order valence-corrected chi connectivity index (χ0v) is 18.0. The van der Waals surface area contributed by atoms with Crippen molar-refractivity contribution < 1.29 is 4.74 Å². The number of allylic oxidation sites excluding steroid dienone is 1. The van der Waals surface area contributed by atoms with Crippen molar-refractivity contribution >= 4 is 17.6 Å². The summed E-state index contributed by atoms with van der Waals surface area (Å²) in [5.41, 5.74) is 4.98. The number of nitrogens with one attached hydrogen (secondary N) is 2. The van der Waals surface area contributed by atoms with Crippen molar-refractivity contribution in [3.05, 3.63) is 47.8 Å². The number of hydrogen-bond donors (Lipinski definition) is 2. The van der Waals surface area contributed by atoms with Gasteiger partial charge in [-0.05, 0) is 64.0 Å². The zero-order chi connectivity index (χ0) is 21.2. The van der Waals surface area contributed by atoms with Gasteiger partial charge in [0.05, 0.1) is 35.8 Å². The zero-order valence-electron chi connectivity index (χ0n) is 18.0. The van der Waals surface area contributed by atoms with Crippen LogP contribution >= 0.6 is 0 Å². The fourth-order valence-corrected chi connectivity index (χ4v) is 2.83. The number of hydrogen-bond acceptors (Lipinski definition) is 6. The van der Waals surface area contributed by atoms with E-state index in [9.17, 15) is 0 Å². The molecule has 0 bridgehead atoms. The summed E-state index contributed by atoms with van der Waals surface area (Å²) in [5, 5.41) is 11.3. The van der Waals surface area contributed by atoms with E-state index in [4.69, 9.17) is 15.1 Å². The van der Waals surface area contributed by atoms with Crippen LogP contribution in [0.1, 0.15) is 45.4 Å². The minimum Gasteiger partial charge on any atom is -0.477 e. The first kappa shape index (κ1) is 22.3. The lowest BCUT2D eigenvalue weighted by Gasteiger charge is -2.15. The first-order valence-electron chi connectivity index (χ1n) is 10.1. The highest BCUT2D eigenvalue weighted by atomic mass is 16.5. The maximum Gasteiger partial charge on any atom is 0.222 e. The maximum absolute atomic E-state index is 7.78. The Morgan fingerprint density at radius 3 is 2.83 bits per heavy atom. The van der Waals surface area contributed by atoms with Crippen LogP contribution in [-0.2, 0) is 0 Å². The molecule has 0 radical (unpaired) electrons. The molecule has 1 unspecified atom stereocenters. The number of anilines is 1. The summed E-state index contributed by atoms with van der Waals surface area (Å²) < 4.78 is 5.66. The Labute approximate surface area is 173 Å². The first-order chi connectivity index (χ1) is 14.0. The van der Waals surface area contributed by atoms with Crippen LogP contribution in [0.25, 0.3) is 11.3 Å². The lowest BCUT2D eigenvalue weighted by Crippen LogP contribution is -2.16. The fourth-order valence-electron chi connectivity index (χ4n) is 2.83. The molecule has 6 nitrogen and oxygen atoms in total. The molecule has 154 valence electrons. The van der Waals surface area contributed by atoms with Crippen LogP contribution in [0.5, 0.6) is 5.88 Å². The molecule has 0 saturated heterocycles. The molecule has 0 aromatic carbocycles. The Morgan fingerprint density at radius 2 is 2.17 bits per heavy atom. The predicted molar refractivity (Wildman–Crippen MR) is 122 cm³/mol. The van der Waals surface area contributed by atoms with E-state index < -0.39 is 0 Å². The van der Waals surface area contributed by atoms with Crippen molar-refractivity contribution in [3.63, 3.8) is 0 Å². The van der Waals surface area contributed by atoms with Gasteiger partial charge in [-0.15, -0.1) is 0 Å². The second kappa shape index (κ2) is 11.1.